The lowest BCUT2D eigenvalue weighted by Gasteiger charge is -2.35. The molecule has 1 aromatic carbocycles. The summed E-state index contributed by atoms with van der Waals surface area (Å²) in [6.07, 6.45) is 0. The van der Waals surface area contributed by atoms with Crippen molar-refractivity contribution >= 4 is 15.8 Å². The van der Waals surface area contributed by atoms with E-state index in [1.807, 2.05) is 13.8 Å². The van der Waals surface area contributed by atoms with Gasteiger partial charge in [-0.25, -0.2) is 8.42 Å². The first kappa shape index (κ1) is 16.8. The Labute approximate surface area is 140 Å². The second kappa shape index (κ2) is 6.10. The van der Waals surface area contributed by atoms with Crippen LogP contribution in [-0.4, -0.2) is 41.7 Å². The van der Waals surface area contributed by atoms with Gasteiger partial charge in [0.1, 0.15) is 0 Å². The van der Waals surface area contributed by atoms with E-state index < -0.39 is 10.0 Å². The Hall–Kier alpha value is -2.06. The lowest BCUT2D eigenvalue weighted by molar-refractivity contribution is 0.101. The average Bonchev–Trinajstić information content (AvgIpc) is 2.95. The van der Waals surface area contributed by atoms with Crippen LogP contribution >= 0.6 is 0 Å². The van der Waals surface area contributed by atoms with Gasteiger partial charge in [0.25, 0.3) is 0 Å². The molecule has 0 atom stereocenters. The average molecular weight is 349 g/mol. The number of carbonyl (C=O) groups excluding carboxylic acids is 1. The molecule has 1 aliphatic heterocycles. The molecule has 0 unspecified atom stereocenters. The second-order valence-corrected chi connectivity index (χ2v) is 8.19. The molecule has 0 radical (unpaired) electrons. The summed E-state index contributed by atoms with van der Waals surface area (Å²) < 4.78 is 31.8. The highest BCUT2D eigenvalue weighted by atomic mass is 32.2. The molecule has 0 saturated carbocycles. The van der Waals surface area contributed by atoms with Crippen molar-refractivity contribution in [3.05, 3.63) is 41.5 Å². The smallest absolute Gasteiger partial charge is 0.243 e. The minimum absolute atomic E-state index is 0.0873. The molecule has 0 aliphatic carbocycles. The van der Waals surface area contributed by atoms with Gasteiger partial charge in [-0.05, 0) is 19.1 Å². The van der Waals surface area contributed by atoms with Crippen molar-refractivity contribution in [1.82, 2.24) is 14.4 Å². The van der Waals surface area contributed by atoms with Gasteiger partial charge in [0.15, 0.2) is 11.6 Å². The molecule has 1 aromatic heterocycles. The maximum atomic E-state index is 12.6. The van der Waals surface area contributed by atoms with E-state index in [1.165, 1.54) is 23.4 Å². The van der Waals surface area contributed by atoms with Crippen LogP contribution in [0.2, 0.25) is 0 Å². The zero-order chi connectivity index (χ0) is 17.5. The van der Waals surface area contributed by atoms with Crippen LogP contribution in [0.5, 0.6) is 0 Å². The van der Waals surface area contributed by atoms with E-state index in [0.29, 0.717) is 30.4 Å². The second-order valence-electron chi connectivity index (χ2n) is 6.25. The molecule has 128 valence electrons. The number of hydrogen-bond donors (Lipinski definition) is 0. The number of ketones is 1. The van der Waals surface area contributed by atoms with Gasteiger partial charge in [0, 0.05) is 24.6 Å². The van der Waals surface area contributed by atoms with Crippen LogP contribution < -0.4 is 0 Å². The Morgan fingerprint density at radius 2 is 2.04 bits per heavy atom. The highest BCUT2D eigenvalue weighted by Crippen LogP contribution is 2.31. The van der Waals surface area contributed by atoms with Crippen molar-refractivity contribution in [2.75, 3.05) is 13.1 Å². The molecule has 0 amide bonds. The first-order chi connectivity index (χ1) is 11.3. The molecule has 1 aliphatic rings. The fraction of sp³-hybridized carbons (Fsp3) is 0.438. The third kappa shape index (κ3) is 2.99. The van der Waals surface area contributed by atoms with Crippen LogP contribution in [0.25, 0.3) is 0 Å². The number of sulfonamides is 1. The molecule has 0 N–H and O–H groups in total. The Balaban J connectivity index is 1.74. The Morgan fingerprint density at radius 1 is 1.33 bits per heavy atom. The molecule has 1 fully saturated rings. The fourth-order valence-corrected chi connectivity index (χ4v) is 4.04. The summed E-state index contributed by atoms with van der Waals surface area (Å²) in [5.41, 5.74) is 0.381. The van der Waals surface area contributed by atoms with Crippen molar-refractivity contribution < 1.29 is 17.7 Å². The van der Waals surface area contributed by atoms with Crippen molar-refractivity contribution in [2.24, 2.45) is 0 Å². The Bertz CT molecular complexity index is 867. The fourth-order valence-electron chi connectivity index (χ4n) is 2.46. The maximum Gasteiger partial charge on any atom is 0.243 e. The van der Waals surface area contributed by atoms with E-state index in [2.05, 4.69) is 10.1 Å². The van der Waals surface area contributed by atoms with E-state index >= 15 is 0 Å². The molecular formula is C16H19N3O4S. The van der Waals surface area contributed by atoms with E-state index in [9.17, 15) is 13.2 Å². The predicted molar refractivity (Wildman–Crippen MR) is 86.3 cm³/mol. The lowest BCUT2D eigenvalue weighted by atomic mass is 10.0. The summed E-state index contributed by atoms with van der Waals surface area (Å²) in [4.78, 5) is 15.9. The monoisotopic (exact) mass is 349 g/mol. The zero-order valence-corrected chi connectivity index (χ0v) is 14.6. The summed E-state index contributed by atoms with van der Waals surface area (Å²) in [5, 5.41) is 3.90. The van der Waals surface area contributed by atoms with Gasteiger partial charge < -0.3 is 4.52 Å². The van der Waals surface area contributed by atoms with Gasteiger partial charge in [-0.3, -0.25) is 4.79 Å². The van der Waals surface area contributed by atoms with E-state index in [0.717, 1.165) is 0 Å². The number of aromatic nitrogens is 2. The van der Waals surface area contributed by atoms with Crippen molar-refractivity contribution in [1.29, 1.82) is 0 Å². The van der Waals surface area contributed by atoms with Gasteiger partial charge >= 0.3 is 0 Å². The largest absolute Gasteiger partial charge is 0.339 e. The lowest BCUT2D eigenvalue weighted by Crippen LogP contribution is -2.48. The number of Topliss-reactive ketones (excluding diaryl/α,β-unsaturated/α-hetero) is 1. The molecule has 3 rings (SSSR count). The highest BCUT2D eigenvalue weighted by Gasteiger charge is 2.40. The summed E-state index contributed by atoms with van der Waals surface area (Å²) in [6.45, 7) is 5.94. The SMILES string of the molecule is CC(=O)c1cccc(S(=O)(=O)N2CC(c3nc(C(C)C)no3)C2)c1. The number of carbonyl (C=O) groups is 1. The Morgan fingerprint density at radius 3 is 2.62 bits per heavy atom. The van der Waals surface area contributed by atoms with Crippen LogP contribution in [0.3, 0.4) is 0 Å². The standard InChI is InChI=1S/C16H19N3O4S/c1-10(2)15-17-16(23-18-15)13-8-19(9-13)24(21,22)14-6-4-5-12(7-14)11(3)20/h4-7,10,13H,8-9H2,1-3H3. The first-order valence-electron chi connectivity index (χ1n) is 7.73. The minimum atomic E-state index is -3.62. The van der Waals surface area contributed by atoms with Crippen molar-refractivity contribution in [3.8, 4) is 0 Å². The number of hydrogen-bond acceptors (Lipinski definition) is 6. The summed E-state index contributed by atoms with van der Waals surface area (Å²) in [7, 11) is -3.62. The maximum absolute atomic E-state index is 12.6. The van der Waals surface area contributed by atoms with E-state index in [1.54, 1.807) is 12.1 Å². The first-order valence-corrected chi connectivity index (χ1v) is 9.17. The third-order valence-corrected chi connectivity index (χ3v) is 5.88. The van der Waals surface area contributed by atoms with Crippen molar-refractivity contribution in [3.63, 3.8) is 0 Å². The van der Waals surface area contributed by atoms with E-state index in [-0.39, 0.29) is 22.5 Å². The Kier molecular flexibility index (Phi) is 4.27. The molecule has 24 heavy (non-hydrogen) atoms. The molecule has 7 nitrogen and oxygen atoms in total. The quantitative estimate of drug-likeness (QED) is 0.768. The van der Waals surface area contributed by atoms with Crippen LogP contribution in [0, 0.1) is 0 Å². The van der Waals surface area contributed by atoms with Gasteiger partial charge in [0.05, 0.1) is 10.8 Å². The number of nitrogens with zero attached hydrogens (tertiary/aromatic N) is 3. The normalized spacial score (nSPS) is 16.3. The zero-order valence-electron chi connectivity index (χ0n) is 13.8. The van der Waals surface area contributed by atoms with Crippen LogP contribution in [0.4, 0.5) is 0 Å². The molecule has 2 aromatic rings. The highest BCUT2D eigenvalue weighted by molar-refractivity contribution is 7.89. The van der Waals surface area contributed by atoms with E-state index in [4.69, 9.17) is 4.52 Å². The van der Waals surface area contributed by atoms with Gasteiger partial charge in [-0.1, -0.05) is 31.1 Å². The van der Waals surface area contributed by atoms with Crippen LogP contribution in [0.1, 0.15) is 54.7 Å². The minimum Gasteiger partial charge on any atom is -0.339 e. The predicted octanol–water partition coefficient (Wildman–Crippen LogP) is 2.18. The molecular weight excluding hydrogens is 330 g/mol. The number of benzene rings is 1. The summed E-state index contributed by atoms with van der Waals surface area (Å²) in [5.74, 6) is 1.01. The molecule has 2 heterocycles. The molecule has 0 bridgehead atoms. The summed E-state index contributed by atoms with van der Waals surface area (Å²) >= 11 is 0. The summed E-state index contributed by atoms with van der Waals surface area (Å²) in [6, 6.07) is 6.09. The molecule has 1 saturated heterocycles. The molecule has 0 spiro atoms. The van der Waals surface area contributed by atoms with Gasteiger partial charge in [-0.15, -0.1) is 0 Å². The van der Waals surface area contributed by atoms with Crippen molar-refractivity contribution in [2.45, 2.75) is 37.5 Å². The van der Waals surface area contributed by atoms with Crippen LogP contribution in [0.15, 0.2) is 33.7 Å². The van der Waals surface area contributed by atoms with Gasteiger partial charge in [-0.2, -0.15) is 9.29 Å². The number of rotatable bonds is 5. The third-order valence-electron chi connectivity index (χ3n) is 4.05. The van der Waals surface area contributed by atoms with Gasteiger partial charge in [0.2, 0.25) is 15.9 Å². The molecule has 8 heteroatoms. The van der Waals surface area contributed by atoms with Crippen LogP contribution in [-0.2, 0) is 10.0 Å². The topological polar surface area (TPSA) is 93.4 Å².